The lowest BCUT2D eigenvalue weighted by molar-refractivity contribution is -0.119. The van der Waals surface area contributed by atoms with E-state index in [1.807, 2.05) is 6.07 Å². The van der Waals surface area contributed by atoms with Crippen LogP contribution in [0.25, 0.3) is 16.6 Å². The fourth-order valence-corrected chi connectivity index (χ4v) is 4.93. The van der Waals surface area contributed by atoms with Gasteiger partial charge in [0.25, 0.3) is 5.56 Å². The van der Waals surface area contributed by atoms with Gasteiger partial charge in [0, 0.05) is 36.2 Å². The van der Waals surface area contributed by atoms with Gasteiger partial charge < -0.3 is 14.2 Å². The highest BCUT2D eigenvalue weighted by Crippen LogP contribution is 2.37. The molecule has 0 fully saturated rings. The number of nitrogens with zero attached hydrogens (tertiary/aromatic N) is 3. The number of carbonyl (C=O) groups is 2. The number of rotatable bonds is 11. The lowest BCUT2D eigenvalue weighted by Crippen LogP contribution is -2.26. The van der Waals surface area contributed by atoms with E-state index < -0.39 is 17.2 Å². The van der Waals surface area contributed by atoms with Crippen molar-refractivity contribution in [3.8, 4) is 28.7 Å². The standard InChI is InChI=1S/C33H30FN3O6/c1-5-23(38)19-36-20(2)32(33(40)37(36)22-9-7-6-8-10-22)27(39)16-21-11-12-29(25(34)15-21)43-28-13-14-35-26-18-31(42-4)30(41-3)17-24(26)28/h6-15,17-18H,5,16,19H2,1-4H3. The minimum atomic E-state index is -0.680. The van der Waals surface area contributed by atoms with Gasteiger partial charge in [-0.3, -0.25) is 24.0 Å². The summed E-state index contributed by atoms with van der Waals surface area (Å²) in [6, 6.07) is 18.0. The van der Waals surface area contributed by atoms with E-state index in [0.29, 0.717) is 45.1 Å². The van der Waals surface area contributed by atoms with Crippen LogP contribution in [-0.2, 0) is 17.8 Å². The normalized spacial score (nSPS) is 11.0. The zero-order valence-electron chi connectivity index (χ0n) is 24.2. The molecule has 0 N–H and O–H groups in total. The molecular weight excluding hydrogens is 553 g/mol. The van der Waals surface area contributed by atoms with Crippen molar-refractivity contribution in [3.05, 3.63) is 106 Å². The van der Waals surface area contributed by atoms with Crippen molar-refractivity contribution in [1.82, 2.24) is 14.3 Å². The summed E-state index contributed by atoms with van der Waals surface area (Å²) in [7, 11) is 3.03. The smallest absolute Gasteiger partial charge is 0.282 e. The van der Waals surface area contributed by atoms with Crippen molar-refractivity contribution in [2.75, 3.05) is 14.2 Å². The van der Waals surface area contributed by atoms with Crippen LogP contribution in [0.4, 0.5) is 4.39 Å². The summed E-state index contributed by atoms with van der Waals surface area (Å²) < 4.78 is 34.8. The number of hydrogen-bond donors (Lipinski definition) is 0. The number of fused-ring (bicyclic) bond motifs is 1. The Balaban J connectivity index is 1.44. The van der Waals surface area contributed by atoms with Crippen molar-refractivity contribution < 1.29 is 28.2 Å². The molecule has 0 radical (unpaired) electrons. The summed E-state index contributed by atoms with van der Waals surface area (Å²) in [4.78, 5) is 43.7. The Hall–Kier alpha value is -5.25. The van der Waals surface area contributed by atoms with Crippen LogP contribution < -0.4 is 19.8 Å². The molecule has 220 valence electrons. The van der Waals surface area contributed by atoms with Crippen LogP contribution in [0.1, 0.15) is 35.0 Å². The molecule has 0 amide bonds. The highest BCUT2D eigenvalue weighted by atomic mass is 19.1. The van der Waals surface area contributed by atoms with E-state index in [1.54, 1.807) is 68.6 Å². The molecule has 2 heterocycles. The fraction of sp³-hybridized carbons (Fsp3) is 0.212. The second-order valence-electron chi connectivity index (χ2n) is 9.86. The third-order valence-corrected chi connectivity index (χ3v) is 7.18. The summed E-state index contributed by atoms with van der Waals surface area (Å²) in [6.45, 7) is 3.33. The first-order chi connectivity index (χ1) is 20.7. The maximum atomic E-state index is 15.3. The summed E-state index contributed by atoms with van der Waals surface area (Å²) in [5.41, 5.74) is 1.27. The molecule has 0 aliphatic carbocycles. The van der Waals surface area contributed by atoms with Crippen LogP contribution in [0.15, 0.2) is 77.7 Å². The number of hydrogen-bond acceptors (Lipinski definition) is 7. The number of pyridine rings is 1. The van der Waals surface area contributed by atoms with E-state index >= 15 is 4.39 Å². The zero-order chi connectivity index (χ0) is 30.7. The maximum absolute atomic E-state index is 15.3. The topological polar surface area (TPSA) is 102 Å². The number of ketones is 2. The molecule has 0 spiro atoms. The Kier molecular flexibility index (Phi) is 8.38. The summed E-state index contributed by atoms with van der Waals surface area (Å²) in [5, 5.41) is 0.593. The first-order valence-electron chi connectivity index (χ1n) is 13.6. The molecule has 5 aromatic rings. The number of para-hydroxylation sites is 1. The number of Topliss-reactive ketones (excluding diaryl/α,β-unsaturated/α-hetero) is 2. The summed E-state index contributed by atoms with van der Waals surface area (Å²) >= 11 is 0. The van der Waals surface area contributed by atoms with E-state index in [0.717, 1.165) is 0 Å². The highest BCUT2D eigenvalue weighted by Gasteiger charge is 2.25. The molecule has 0 atom stereocenters. The van der Waals surface area contributed by atoms with Crippen LogP contribution >= 0.6 is 0 Å². The minimum Gasteiger partial charge on any atom is -0.493 e. The molecule has 0 saturated heterocycles. The number of ether oxygens (including phenoxy) is 3. The molecule has 0 aliphatic heterocycles. The Morgan fingerprint density at radius 1 is 0.907 bits per heavy atom. The molecule has 0 aliphatic rings. The SMILES string of the molecule is CCC(=O)Cn1c(C)c(C(=O)Cc2ccc(Oc3ccnc4cc(OC)c(OC)cc34)c(F)c2)c(=O)n1-c1ccccc1. The molecular formula is C33H30FN3O6. The van der Waals surface area contributed by atoms with Crippen LogP contribution in [0, 0.1) is 12.7 Å². The quantitative estimate of drug-likeness (QED) is 0.180. The van der Waals surface area contributed by atoms with E-state index in [-0.39, 0.29) is 36.5 Å². The molecule has 2 aromatic heterocycles. The van der Waals surface area contributed by atoms with E-state index in [4.69, 9.17) is 14.2 Å². The summed E-state index contributed by atoms with van der Waals surface area (Å²) in [5.74, 6) is 0.0251. The first-order valence-corrected chi connectivity index (χ1v) is 13.6. The Labute approximate surface area is 247 Å². The number of halogens is 1. The molecule has 0 bridgehead atoms. The van der Waals surface area contributed by atoms with Crippen LogP contribution in [0.5, 0.6) is 23.0 Å². The van der Waals surface area contributed by atoms with Gasteiger partial charge in [0.15, 0.2) is 34.6 Å². The van der Waals surface area contributed by atoms with Gasteiger partial charge in [0.05, 0.1) is 32.0 Å². The van der Waals surface area contributed by atoms with E-state index in [1.165, 1.54) is 35.7 Å². The average molecular weight is 584 g/mol. The molecule has 9 nitrogen and oxygen atoms in total. The van der Waals surface area contributed by atoms with Gasteiger partial charge in [-0.25, -0.2) is 9.07 Å². The van der Waals surface area contributed by atoms with Gasteiger partial charge in [0.2, 0.25) is 0 Å². The zero-order valence-corrected chi connectivity index (χ0v) is 24.2. The lowest BCUT2D eigenvalue weighted by atomic mass is 10.0. The third-order valence-electron chi connectivity index (χ3n) is 7.18. The molecule has 0 unspecified atom stereocenters. The van der Waals surface area contributed by atoms with E-state index in [9.17, 15) is 14.4 Å². The molecule has 3 aromatic carbocycles. The van der Waals surface area contributed by atoms with Gasteiger partial charge in [-0.15, -0.1) is 0 Å². The molecule has 43 heavy (non-hydrogen) atoms. The monoisotopic (exact) mass is 583 g/mol. The number of aromatic nitrogens is 3. The van der Waals surface area contributed by atoms with Crippen molar-refractivity contribution in [3.63, 3.8) is 0 Å². The van der Waals surface area contributed by atoms with Gasteiger partial charge in [-0.05, 0) is 48.9 Å². The van der Waals surface area contributed by atoms with E-state index in [2.05, 4.69) is 4.98 Å². The lowest BCUT2D eigenvalue weighted by Gasteiger charge is -2.13. The molecule has 10 heteroatoms. The molecule has 0 saturated carbocycles. The second kappa shape index (κ2) is 12.3. The number of methoxy groups -OCH3 is 2. The minimum absolute atomic E-state index is 0.0406. The summed E-state index contributed by atoms with van der Waals surface area (Å²) in [6.07, 6.45) is 1.61. The van der Waals surface area contributed by atoms with Gasteiger partial charge in [-0.2, -0.15) is 0 Å². The molecule has 5 rings (SSSR count). The van der Waals surface area contributed by atoms with Crippen LogP contribution in [-0.4, -0.2) is 40.1 Å². The van der Waals surface area contributed by atoms with Crippen LogP contribution in [0.2, 0.25) is 0 Å². The Morgan fingerprint density at radius 3 is 2.30 bits per heavy atom. The van der Waals surface area contributed by atoms with Crippen molar-refractivity contribution in [2.45, 2.75) is 33.2 Å². The largest absolute Gasteiger partial charge is 0.493 e. The maximum Gasteiger partial charge on any atom is 0.282 e. The van der Waals surface area contributed by atoms with Crippen molar-refractivity contribution in [2.24, 2.45) is 0 Å². The van der Waals surface area contributed by atoms with Crippen molar-refractivity contribution >= 4 is 22.5 Å². The number of carbonyl (C=O) groups excluding carboxylic acids is 2. The van der Waals surface area contributed by atoms with Crippen molar-refractivity contribution in [1.29, 1.82) is 0 Å². The predicted molar refractivity (Wildman–Crippen MR) is 159 cm³/mol. The van der Waals surface area contributed by atoms with Crippen LogP contribution in [0.3, 0.4) is 0 Å². The van der Waals surface area contributed by atoms with Gasteiger partial charge >= 0.3 is 0 Å². The third kappa shape index (κ3) is 5.76. The predicted octanol–water partition coefficient (Wildman–Crippen LogP) is 5.85. The Bertz CT molecular complexity index is 1900. The first kappa shape index (κ1) is 29.2. The second-order valence-corrected chi connectivity index (χ2v) is 9.86. The van der Waals surface area contributed by atoms with Gasteiger partial charge in [0.1, 0.15) is 11.3 Å². The fourth-order valence-electron chi connectivity index (χ4n) is 4.93. The highest BCUT2D eigenvalue weighted by molar-refractivity contribution is 5.98. The van der Waals surface area contributed by atoms with Gasteiger partial charge in [-0.1, -0.05) is 31.2 Å². The number of benzene rings is 3. The Morgan fingerprint density at radius 2 is 1.63 bits per heavy atom. The average Bonchev–Trinajstić information content (AvgIpc) is 3.26.